The number of carbonyl (C=O) groups is 2. The number of nitrogens with one attached hydrogen (secondary N) is 1. The molecule has 0 bridgehead atoms. The van der Waals surface area contributed by atoms with Crippen LogP contribution in [-0.4, -0.2) is 61.9 Å². The molecule has 0 aliphatic carbocycles. The Bertz CT molecular complexity index is 491. The monoisotopic (exact) mass is 341 g/mol. The van der Waals surface area contributed by atoms with E-state index in [2.05, 4.69) is 12.2 Å². The fourth-order valence-corrected chi connectivity index (χ4v) is 2.21. The number of amides is 2. The predicted octanol–water partition coefficient (Wildman–Crippen LogP) is 2.27. The van der Waals surface area contributed by atoms with Crippen molar-refractivity contribution in [1.29, 1.82) is 0 Å². The maximum absolute atomic E-state index is 12.3. The van der Waals surface area contributed by atoms with E-state index in [0.29, 0.717) is 24.2 Å². The highest BCUT2D eigenvalue weighted by Gasteiger charge is 2.15. The molecule has 0 aromatic heterocycles. The zero-order valence-corrected chi connectivity index (χ0v) is 15.3. The number of benzene rings is 1. The Morgan fingerprint density at radius 1 is 1.00 bits per heavy atom. The van der Waals surface area contributed by atoms with Crippen molar-refractivity contribution < 1.29 is 9.59 Å². The van der Waals surface area contributed by atoms with Crippen molar-refractivity contribution in [2.24, 2.45) is 0 Å². The second-order valence-corrected chi connectivity index (χ2v) is 5.29. The van der Waals surface area contributed by atoms with E-state index in [4.69, 9.17) is 0 Å². The zero-order valence-electron chi connectivity index (χ0n) is 14.5. The number of hydrogen-bond acceptors (Lipinski definition) is 3. The molecule has 0 saturated carbocycles. The molecule has 0 saturated heterocycles. The third-order valence-electron chi connectivity index (χ3n) is 3.59. The van der Waals surface area contributed by atoms with Crippen LogP contribution in [0.15, 0.2) is 24.3 Å². The van der Waals surface area contributed by atoms with Crippen molar-refractivity contribution in [3.8, 4) is 0 Å². The van der Waals surface area contributed by atoms with Gasteiger partial charge in [0.1, 0.15) is 0 Å². The van der Waals surface area contributed by atoms with Crippen LogP contribution in [-0.2, 0) is 0 Å². The van der Waals surface area contributed by atoms with Crippen LogP contribution in [0.1, 0.15) is 41.0 Å². The minimum atomic E-state index is -0.0323. The van der Waals surface area contributed by atoms with E-state index in [1.165, 1.54) is 0 Å². The number of nitrogens with zero attached hydrogens (tertiary/aromatic N) is 2. The summed E-state index contributed by atoms with van der Waals surface area (Å²) in [4.78, 5) is 28.1. The molecule has 0 unspecified atom stereocenters. The lowest BCUT2D eigenvalue weighted by Crippen LogP contribution is -2.33. The normalized spacial score (nSPS) is 9.91. The van der Waals surface area contributed by atoms with Gasteiger partial charge in [-0.25, -0.2) is 0 Å². The quantitative estimate of drug-likeness (QED) is 0.789. The summed E-state index contributed by atoms with van der Waals surface area (Å²) in [6, 6.07) is 6.93. The van der Waals surface area contributed by atoms with Gasteiger partial charge in [-0.3, -0.25) is 9.59 Å². The maximum atomic E-state index is 12.3. The highest BCUT2D eigenvalue weighted by Crippen LogP contribution is 2.10. The number of likely N-dealkylation sites (N-methyl/N-ethyl adjacent to an activating group) is 2. The Hall–Kier alpha value is -1.59. The molecule has 0 atom stereocenters. The summed E-state index contributed by atoms with van der Waals surface area (Å²) in [6.45, 7) is 6.88. The molecule has 6 heteroatoms. The number of halogens is 1. The molecule has 23 heavy (non-hydrogen) atoms. The van der Waals surface area contributed by atoms with Gasteiger partial charge in [-0.15, -0.1) is 12.4 Å². The van der Waals surface area contributed by atoms with Gasteiger partial charge in [-0.2, -0.15) is 0 Å². The van der Waals surface area contributed by atoms with Crippen molar-refractivity contribution in [1.82, 2.24) is 15.1 Å². The minimum absolute atomic E-state index is 0. The number of hydrogen-bond donors (Lipinski definition) is 1. The second kappa shape index (κ2) is 11.0. The smallest absolute Gasteiger partial charge is 0.253 e. The van der Waals surface area contributed by atoms with E-state index < -0.39 is 0 Å². The lowest BCUT2D eigenvalue weighted by Gasteiger charge is -2.20. The lowest BCUT2D eigenvalue weighted by molar-refractivity contribution is 0.0760. The fourth-order valence-electron chi connectivity index (χ4n) is 2.21. The first-order chi connectivity index (χ1) is 10.5. The van der Waals surface area contributed by atoms with Crippen molar-refractivity contribution in [3.05, 3.63) is 35.4 Å². The van der Waals surface area contributed by atoms with Crippen LogP contribution in [0.5, 0.6) is 0 Å². The van der Waals surface area contributed by atoms with Gasteiger partial charge in [-0.1, -0.05) is 6.92 Å². The minimum Gasteiger partial charge on any atom is -0.340 e. The standard InChI is InChI=1S/C17H27N3O2.ClH/c1-5-12-20(6-2)17(22)15-9-7-14(8-10-15)16(21)19(4)13-11-18-3;/h7-10,18H,5-6,11-13H2,1-4H3;1H. The van der Waals surface area contributed by atoms with Gasteiger partial charge < -0.3 is 15.1 Å². The Labute approximate surface area is 145 Å². The molecule has 0 radical (unpaired) electrons. The molecular weight excluding hydrogens is 314 g/mol. The van der Waals surface area contributed by atoms with Crippen LogP contribution in [0.4, 0.5) is 0 Å². The Balaban J connectivity index is 0.00000484. The van der Waals surface area contributed by atoms with Crippen molar-refractivity contribution in [2.75, 3.05) is 40.3 Å². The maximum Gasteiger partial charge on any atom is 0.253 e. The number of rotatable bonds is 8. The molecule has 1 aromatic rings. The molecule has 1 aromatic carbocycles. The highest BCUT2D eigenvalue weighted by atomic mass is 35.5. The first-order valence-electron chi connectivity index (χ1n) is 7.84. The van der Waals surface area contributed by atoms with Crippen molar-refractivity contribution >= 4 is 24.2 Å². The predicted molar refractivity (Wildman–Crippen MR) is 96.4 cm³/mol. The SMILES string of the molecule is CCCN(CC)C(=O)c1ccc(C(=O)N(C)CCNC)cc1.Cl. The molecule has 2 amide bonds. The first-order valence-corrected chi connectivity index (χ1v) is 7.84. The van der Waals surface area contributed by atoms with Crippen LogP contribution in [0, 0.1) is 0 Å². The van der Waals surface area contributed by atoms with Crippen LogP contribution < -0.4 is 5.32 Å². The molecule has 130 valence electrons. The van der Waals surface area contributed by atoms with Crippen LogP contribution in [0.3, 0.4) is 0 Å². The largest absolute Gasteiger partial charge is 0.340 e. The van der Waals surface area contributed by atoms with Gasteiger partial charge in [0.2, 0.25) is 0 Å². The van der Waals surface area contributed by atoms with E-state index >= 15 is 0 Å². The van der Waals surface area contributed by atoms with E-state index in [0.717, 1.165) is 19.5 Å². The van der Waals surface area contributed by atoms with Crippen molar-refractivity contribution in [2.45, 2.75) is 20.3 Å². The molecule has 1 rings (SSSR count). The van der Waals surface area contributed by atoms with E-state index in [1.54, 1.807) is 36.2 Å². The summed E-state index contributed by atoms with van der Waals surface area (Å²) in [5, 5.41) is 3.02. The summed E-state index contributed by atoms with van der Waals surface area (Å²) in [5.41, 5.74) is 1.23. The average Bonchev–Trinajstić information content (AvgIpc) is 2.56. The van der Waals surface area contributed by atoms with E-state index in [-0.39, 0.29) is 24.2 Å². The van der Waals surface area contributed by atoms with Gasteiger partial charge in [0.25, 0.3) is 11.8 Å². The zero-order chi connectivity index (χ0) is 16.5. The molecule has 0 aliphatic heterocycles. The van der Waals surface area contributed by atoms with Gasteiger partial charge in [0.15, 0.2) is 0 Å². The van der Waals surface area contributed by atoms with Crippen LogP contribution in [0.2, 0.25) is 0 Å². The molecule has 5 nitrogen and oxygen atoms in total. The Morgan fingerprint density at radius 3 is 1.96 bits per heavy atom. The van der Waals surface area contributed by atoms with Gasteiger partial charge in [-0.05, 0) is 44.7 Å². The summed E-state index contributed by atoms with van der Waals surface area (Å²) in [7, 11) is 3.63. The average molecular weight is 342 g/mol. The topological polar surface area (TPSA) is 52.7 Å². The molecule has 0 heterocycles. The van der Waals surface area contributed by atoms with Gasteiger partial charge in [0.05, 0.1) is 0 Å². The molecule has 0 fully saturated rings. The number of carbonyl (C=O) groups excluding carboxylic acids is 2. The molecular formula is C17H28ClN3O2. The van der Waals surface area contributed by atoms with Crippen LogP contribution in [0.25, 0.3) is 0 Å². The third kappa shape index (κ3) is 6.20. The first kappa shape index (κ1) is 21.4. The van der Waals surface area contributed by atoms with Crippen molar-refractivity contribution in [3.63, 3.8) is 0 Å². The summed E-state index contributed by atoms with van der Waals surface area (Å²) in [5.74, 6) is -0.0120. The van der Waals surface area contributed by atoms with Gasteiger partial charge in [0, 0.05) is 44.4 Å². The summed E-state index contributed by atoms with van der Waals surface area (Å²) in [6.07, 6.45) is 0.937. The third-order valence-corrected chi connectivity index (χ3v) is 3.59. The Kier molecular flexibility index (Phi) is 10.3. The highest BCUT2D eigenvalue weighted by molar-refractivity contribution is 5.97. The van der Waals surface area contributed by atoms with E-state index in [9.17, 15) is 9.59 Å². The van der Waals surface area contributed by atoms with E-state index in [1.807, 2.05) is 18.9 Å². The molecule has 1 N–H and O–H groups in total. The summed E-state index contributed by atoms with van der Waals surface area (Å²) >= 11 is 0. The molecule has 0 spiro atoms. The fraction of sp³-hybridized carbons (Fsp3) is 0.529. The van der Waals surface area contributed by atoms with Gasteiger partial charge >= 0.3 is 0 Å². The molecule has 0 aliphatic rings. The lowest BCUT2D eigenvalue weighted by atomic mass is 10.1. The second-order valence-electron chi connectivity index (χ2n) is 5.29. The summed E-state index contributed by atoms with van der Waals surface area (Å²) < 4.78 is 0. The Morgan fingerprint density at radius 2 is 1.52 bits per heavy atom. The van der Waals surface area contributed by atoms with Crippen LogP contribution >= 0.6 is 12.4 Å².